The van der Waals surface area contributed by atoms with Gasteiger partial charge < -0.3 is 9.64 Å². The average Bonchev–Trinajstić information content (AvgIpc) is 2.67. The fourth-order valence-electron chi connectivity index (χ4n) is 2.17. The van der Waals surface area contributed by atoms with Gasteiger partial charge >= 0.3 is 5.97 Å². The monoisotopic (exact) mass is 193 g/mol. The number of rotatable bonds is 1. The van der Waals surface area contributed by atoms with Gasteiger partial charge in [-0.2, -0.15) is 0 Å². The summed E-state index contributed by atoms with van der Waals surface area (Å²) in [6, 6.07) is 0.418. The normalized spacial score (nSPS) is 25.3. The highest BCUT2D eigenvalue weighted by Crippen LogP contribution is 2.31. The summed E-state index contributed by atoms with van der Waals surface area (Å²) in [5.74, 6) is -0.213. The molecule has 2 aliphatic rings. The number of carbonyl (C=O) groups excluding carboxylic acids is 1. The lowest BCUT2D eigenvalue weighted by atomic mass is 10.1. The van der Waals surface area contributed by atoms with Crippen molar-refractivity contribution in [3.63, 3.8) is 0 Å². The molecule has 1 fully saturated rings. The van der Waals surface area contributed by atoms with Gasteiger partial charge in [-0.25, -0.2) is 4.79 Å². The molecule has 0 saturated carbocycles. The van der Waals surface area contributed by atoms with Crippen molar-refractivity contribution in [1.82, 2.24) is 4.90 Å². The molecule has 0 N–H and O–H groups in total. The van der Waals surface area contributed by atoms with Gasteiger partial charge in [0.15, 0.2) is 0 Å². The van der Waals surface area contributed by atoms with Crippen LogP contribution in [0.15, 0.2) is 23.4 Å². The van der Waals surface area contributed by atoms with Crippen molar-refractivity contribution in [1.29, 1.82) is 0 Å². The summed E-state index contributed by atoms with van der Waals surface area (Å²) in [5, 5.41) is 0. The summed E-state index contributed by atoms with van der Waals surface area (Å²) in [5.41, 5.74) is 1.90. The van der Waals surface area contributed by atoms with Gasteiger partial charge in [0.1, 0.15) is 0 Å². The van der Waals surface area contributed by atoms with Crippen molar-refractivity contribution >= 4 is 5.97 Å². The average molecular weight is 193 g/mol. The highest BCUT2D eigenvalue weighted by molar-refractivity contribution is 5.92. The molecular formula is C11H15NO2. The van der Waals surface area contributed by atoms with Crippen LogP contribution in [0.5, 0.6) is 0 Å². The zero-order valence-electron chi connectivity index (χ0n) is 8.62. The zero-order chi connectivity index (χ0) is 10.1. The number of fused-ring (bicyclic) bond motifs is 1. The van der Waals surface area contributed by atoms with E-state index in [0.29, 0.717) is 6.04 Å². The van der Waals surface area contributed by atoms with Gasteiger partial charge in [-0.15, -0.1) is 0 Å². The third kappa shape index (κ3) is 1.33. The Morgan fingerprint density at radius 3 is 3.14 bits per heavy atom. The topological polar surface area (TPSA) is 29.5 Å². The Morgan fingerprint density at radius 2 is 2.43 bits per heavy atom. The van der Waals surface area contributed by atoms with Gasteiger partial charge in [-0.1, -0.05) is 6.08 Å². The summed E-state index contributed by atoms with van der Waals surface area (Å²) < 4.78 is 4.76. The number of esters is 1. The van der Waals surface area contributed by atoms with Crippen LogP contribution in [0.25, 0.3) is 0 Å². The van der Waals surface area contributed by atoms with Gasteiger partial charge in [-0.05, 0) is 25.8 Å². The number of hydrogen-bond acceptors (Lipinski definition) is 3. The van der Waals surface area contributed by atoms with Crippen LogP contribution in [0.3, 0.4) is 0 Å². The Balaban J connectivity index is 2.34. The first-order valence-electron chi connectivity index (χ1n) is 5.00. The lowest BCUT2D eigenvalue weighted by molar-refractivity contribution is -0.135. The Hall–Kier alpha value is -1.25. The summed E-state index contributed by atoms with van der Waals surface area (Å²) in [7, 11) is 1.43. The van der Waals surface area contributed by atoms with Gasteiger partial charge in [0.05, 0.1) is 12.7 Å². The number of methoxy groups -OCH3 is 1. The van der Waals surface area contributed by atoms with Crippen LogP contribution >= 0.6 is 0 Å². The minimum atomic E-state index is -0.213. The van der Waals surface area contributed by atoms with Gasteiger partial charge in [-0.3, -0.25) is 0 Å². The fourth-order valence-corrected chi connectivity index (χ4v) is 2.17. The maximum absolute atomic E-state index is 11.5. The molecule has 3 nitrogen and oxygen atoms in total. The van der Waals surface area contributed by atoms with Crippen LogP contribution in [0.4, 0.5) is 0 Å². The molecule has 0 aromatic rings. The third-order valence-corrected chi connectivity index (χ3v) is 2.91. The SMILES string of the molecule is COC(=O)C1=C2CCCN2C(C)C=C1. The number of nitrogens with zero attached hydrogens (tertiary/aromatic N) is 1. The van der Waals surface area contributed by atoms with Crippen LogP contribution in [0, 0.1) is 0 Å². The first-order chi connectivity index (χ1) is 6.74. The Kier molecular flexibility index (Phi) is 2.32. The summed E-state index contributed by atoms with van der Waals surface area (Å²) >= 11 is 0. The molecular weight excluding hydrogens is 178 g/mol. The van der Waals surface area contributed by atoms with Crippen LogP contribution < -0.4 is 0 Å². The molecule has 1 saturated heterocycles. The van der Waals surface area contributed by atoms with E-state index in [1.807, 2.05) is 6.08 Å². The lowest BCUT2D eigenvalue weighted by Crippen LogP contribution is -2.31. The summed E-state index contributed by atoms with van der Waals surface area (Å²) in [6.45, 7) is 3.21. The van der Waals surface area contributed by atoms with Crippen LogP contribution in [0.2, 0.25) is 0 Å². The van der Waals surface area contributed by atoms with E-state index in [1.54, 1.807) is 0 Å². The minimum absolute atomic E-state index is 0.213. The molecule has 1 unspecified atom stereocenters. The van der Waals surface area contributed by atoms with Crippen molar-refractivity contribution < 1.29 is 9.53 Å². The van der Waals surface area contributed by atoms with Crippen molar-refractivity contribution in [2.24, 2.45) is 0 Å². The predicted molar refractivity (Wildman–Crippen MR) is 53.6 cm³/mol. The van der Waals surface area contributed by atoms with Crippen molar-refractivity contribution in [3.05, 3.63) is 23.4 Å². The second-order valence-corrected chi connectivity index (χ2v) is 3.75. The van der Waals surface area contributed by atoms with Gasteiger partial charge in [0.2, 0.25) is 0 Å². The second kappa shape index (κ2) is 3.48. The molecule has 3 heteroatoms. The van der Waals surface area contributed by atoms with E-state index in [-0.39, 0.29) is 5.97 Å². The molecule has 0 amide bonds. The number of carbonyl (C=O) groups is 1. The van der Waals surface area contributed by atoms with Crippen molar-refractivity contribution in [3.8, 4) is 0 Å². The van der Waals surface area contributed by atoms with Crippen LogP contribution in [-0.4, -0.2) is 30.6 Å². The van der Waals surface area contributed by atoms with Crippen LogP contribution in [0.1, 0.15) is 19.8 Å². The van der Waals surface area contributed by atoms with Crippen LogP contribution in [-0.2, 0) is 9.53 Å². The van der Waals surface area contributed by atoms with E-state index >= 15 is 0 Å². The van der Waals surface area contributed by atoms with Gasteiger partial charge in [0, 0.05) is 18.3 Å². The molecule has 0 aliphatic carbocycles. The number of hydrogen-bond donors (Lipinski definition) is 0. The Bertz CT molecular complexity index is 317. The Morgan fingerprint density at radius 1 is 1.64 bits per heavy atom. The van der Waals surface area contributed by atoms with Crippen molar-refractivity contribution in [2.45, 2.75) is 25.8 Å². The number of ether oxygens (including phenoxy) is 1. The standard InChI is InChI=1S/C11H15NO2/c1-8-5-6-9(11(13)14-2)10-4-3-7-12(8)10/h5-6,8H,3-4,7H2,1-2H3. The summed E-state index contributed by atoms with van der Waals surface area (Å²) in [4.78, 5) is 13.7. The lowest BCUT2D eigenvalue weighted by Gasteiger charge is -2.29. The quantitative estimate of drug-likeness (QED) is 0.590. The molecule has 0 aromatic carbocycles. The third-order valence-electron chi connectivity index (χ3n) is 2.91. The molecule has 0 spiro atoms. The molecule has 0 radical (unpaired) electrons. The first-order valence-corrected chi connectivity index (χ1v) is 5.00. The fraction of sp³-hybridized carbons (Fsp3) is 0.545. The smallest absolute Gasteiger partial charge is 0.339 e. The minimum Gasteiger partial charge on any atom is -0.465 e. The van der Waals surface area contributed by atoms with E-state index in [9.17, 15) is 4.79 Å². The molecule has 0 aromatic heterocycles. The molecule has 2 rings (SSSR count). The summed E-state index contributed by atoms with van der Waals surface area (Å²) in [6.07, 6.45) is 6.09. The number of allylic oxidation sites excluding steroid dienone is 1. The highest BCUT2D eigenvalue weighted by Gasteiger charge is 2.28. The molecule has 2 aliphatic heterocycles. The molecule has 76 valence electrons. The highest BCUT2D eigenvalue weighted by atomic mass is 16.5. The maximum Gasteiger partial charge on any atom is 0.339 e. The van der Waals surface area contributed by atoms with E-state index in [2.05, 4.69) is 17.9 Å². The Labute approximate surface area is 84.0 Å². The first kappa shape index (κ1) is 9.31. The van der Waals surface area contributed by atoms with E-state index < -0.39 is 0 Å². The second-order valence-electron chi connectivity index (χ2n) is 3.75. The van der Waals surface area contributed by atoms with E-state index in [1.165, 1.54) is 7.11 Å². The molecule has 14 heavy (non-hydrogen) atoms. The van der Waals surface area contributed by atoms with E-state index in [0.717, 1.165) is 30.7 Å². The molecule has 2 heterocycles. The molecule has 0 bridgehead atoms. The largest absolute Gasteiger partial charge is 0.465 e. The van der Waals surface area contributed by atoms with Gasteiger partial charge in [0.25, 0.3) is 0 Å². The predicted octanol–water partition coefficient (Wildman–Crippen LogP) is 1.47. The zero-order valence-corrected chi connectivity index (χ0v) is 8.62. The van der Waals surface area contributed by atoms with E-state index in [4.69, 9.17) is 4.74 Å². The maximum atomic E-state index is 11.5. The van der Waals surface area contributed by atoms with Crippen molar-refractivity contribution in [2.75, 3.05) is 13.7 Å². The molecule has 1 atom stereocenters.